The quantitative estimate of drug-likeness (QED) is 0.654. The van der Waals surface area contributed by atoms with Crippen molar-refractivity contribution in [3.05, 3.63) is 51.6 Å². The van der Waals surface area contributed by atoms with E-state index >= 15 is 0 Å². The molecule has 2 aromatic rings. The zero-order chi connectivity index (χ0) is 14.0. The Morgan fingerprint density at radius 2 is 2.26 bits per heavy atom. The molecule has 0 aliphatic heterocycles. The van der Waals surface area contributed by atoms with E-state index in [2.05, 4.69) is 15.5 Å². The van der Waals surface area contributed by atoms with Gasteiger partial charge in [-0.15, -0.1) is 0 Å². The van der Waals surface area contributed by atoms with Crippen molar-refractivity contribution in [3.63, 3.8) is 0 Å². The number of aromatic amines is 1. The number of carbonyl (C=O) groups is 1. The van der Waals surface area contributed by atoms with Crippen molar-refractivity contribution in [2.24, 2.45) is 0 Å². The molecule has 19 heavy (non-hydrogen) atoms. The summed E-state index contributed by atoms with van der Waals surface area (Å²) in [5, 5.41) is 19.1. The summed E-state index contributed by atoms with van der Waals surface area (Å²) in [5.41, 5.74) is 0.203. The van der Waals surface area contributed by atoms with Gasteiger partial charge in [0.1, 0.15) is 5.82 Å². The highest BCUT2D eigenvalue weighted by Gasteiger charge is 2.16. The minimum Gasteiger partial charge on any atom is -0.319 e. The topological polar surface area (TPSA) is 101 Å². The van der Waals surface area contributed by atoms with E-state index in [0.29, 0.717) is 5.69 Å². The standard InChI is InChI=1S/C11H9FN4O3/c1-6-8(5-13-15-6)11(17)14-10-4-7(16(18)19)2-3-9(10)12/h2-5H,1H3,(H,13,15)(H,14,17). The number of amides is 1. The Hall–Kier alpha value is -2.77. The number of rotatable bonds is 3. The van der Waals surface area contributed by atoms with Gasteiger partial charge in [-0.3, -0.25) is 20.0 Å². The predicted octanol–water partition coefficient (Wildman–Crippen LogP) is 2.02. The van der Waals surface area contributed by atoms with Gasteiger partial charge in [0.25, 0.3) is 11.6 Å². The highest BCUT2D eigenvalue weighted by Crippen LogP contribution is 2.22. The van der Waals surface area contributed by atoms with E-state index in [-0.39, 0.29) is 16.9 Å². The second kappa shape index (κ2) is 4.84. The van der Waals surface area contributed by atoms with Crippen molar-refractivity contribution < 1.29 is 14.1 Å². The van der Waals surface area contributed by atoms with Crippen LogP contribution < -0.4 is 5.32 Å². The SMILES string of the molecule is Cc1[nH]ncc1C(=O)Nc1cc([N+](=O)[O-])ccc1F. The number of benzene rings is 1. The second-order valence-corrected chi connectivity index (χ2v) is 3.78. The Kier molecular flexibility index (Phi) is 3.23. The fourth-order valence-corrected chi connectivity index (χ4v) is 1.49. The lowest BCUT2D eigenvalue weighted by Gasteiger charge is -2.05. The van der Waals surface area contributed by atoms with E-state index in [4.69, 9.17) is 0 Å². The van der Waals surface area contributed by atoms with E-state index in [1.807, 2.05) is 0 Å². The molecule has 0 fully saturated rings. The number of aromatic nitrogens is 2. The molecule has 0 saturated heterocycles. The normalized spacial score (nSPS) is 10.2. The summed E-state index contributed by atoms with van der Waals surface area (Å²) in [5.74, 6) is -1.34. The average Bonchev–Trinajstić information content (AvgIpc) is 2.78. The van der Waals surface area contributed by atoms with Crippen LogP contribution in [0.4, 0.5) is 15.8 Å². The number of nitro groups is 1. The van der Waals surface area contributed by atoms with Gasteiger partial charge in [-0.05, 0) is 13.0 Å². The van der Waals surface area contributed by atoms with E-state index in [0.717, 1.165) is 18.2 Å². The summed E-state index contributed by atoms with van der Waals surface area (Å²) >= 11 is 0. The van der Waals surface area contributed by atoms with Crippen molar-refractivity contribution in [3.8, 4) is 0 Å². The maximum absolute atomic E-state index is 13.5. The van der Waals surface area contributed by atoms with Gasteiger partial charge in [0.05, 0.1) is 22.4 Å². The van der Waals surface area contributed by atoms with Gasteiger partial charge >= 0.3 is 0 Å². The van der Waals surface area contributed by atoms with Crippen LogP contribution in [0.5, 0.6) is 0 Å². The Bertz CT molecular complexity index is 653. The smallest absolute Gasteiger partial charge is 0.271 e. The first kappa shape index (κ1) is 12.7. The number of nitro benzene ring substituents is 1. The lowest BCUT2D eigenvalue weighted by atomic mass is 10.2. The number of nitrogens with one attached hydrogen (secondary N) is 2. The third-order valence-corrected chi connectivity index (χ3v) is 2.48. The van der Waals surface area contributed by atoms with Crippen LogP contribution in [0.3, 0.4) is 0 Å². The third kappa shape index (κ3) is 2.57. The van der Waals surface area contributed by atoms with Gasteiger partial charge in [0, 0.05) is 17.8 Å². The van der Waals surface area contributed by atoms with Crippen LogP contribution in [0.1, 0.15) is 16.1 Å². The van der Waals surface area contributed by atoms with Gasteiger partial charge in [0.15, 0.2) is 0 Å². The maximum atomic E-state index is 13.5. The maximum Gasteiger partial charge on any atom is 0.271 e. The van der Waals surface area contributed by atoms with E-state index in [1.54, 1.807) is 6.92 Å². The molecule has 0 aliphatic carbocycles. The number of aryl methyl sites for hydroxylation is 1. The zero-order valence-corrected chi connectivity index (χ0v) is 9.81. The van der Waals surface area contributed by atoms with Crippen LogP contribution >= 0.6 is 0 Å². The monoisotopic (exact) mass is 264 g/mol. The van der Waals surface area contributed by atoms with E-state index in [1.165, 1.54) is 6.20 Å². The molecular weight excluding hydrogens is 255 g/mol. The Labute approximate surface area is 106 Å². The molecule has 2 N–H and O–H groups in total. The lowest BCUT2D eigenvalue weighted by molar-refractivity contribution is -0.384. The molecule has 1 amide bonds. The molecule has 2 rings (SSSR count). The van der Waals surface area contributed by atoms with E-state index < -0.39 is 16.6 Å². The summed E-state index contributed by atoms with van der Waals surface area (Å²) in [4.78, 5) is 21.7. The lowest BCUT2D eigenvalue weighted by Crippen LogP contribution is -2.13. The van der Waals surface area contributed by atoms with Crippen molar-refractivity contribution in [2.75, 3.05) is 5.32 Å². The molecule has 0 atom stereocenters. The molecule has 8 heteroatoms. The molecule has 98 valence electrons. The molecule has 1 aromatic carbocycles. The summed E-state index contributed by atoms with van der Waals surface area (Å²) in [6.45, 7) is 1.63. The molecule has 0 aliphatic rings. The number of carbonyl (C=O) groups excluding carboxylic acids is 1. The number of H-pyrrole nitrogens is 1. The van der Waals surface area contributed by atoms with Crippen LogP contribution in [0.15, 0.2) is 24.4 Å². The number of anilines is 1. The van der Waals surface area contributed by atoms with Gasteiger partial charge in [-0.1, -0.05) is 0 Å². The first-order valence-electron chi connectivity index (χ1n) is 5.24. The molecule has 0 saturated carbocycles. The van der Waals surface area contributed by atoms with Crippen LogP contribution in [0, 0.1) is 22.9 Å². The fraction of sp³-hybridized carbons (Fsp3) is 0.0909. The molecule has 0 radical (unpaired) electrons. The summed E-state index contributed by atoms with van der Waals surface area (Å²) in [6, 6.07) is 2.91. The Morgan fingerprint density at radius 1 is 1.53 bits per heavy atom. The van der Waals surface area contributed by atoms with Crippen molar-refractivity contribution in [1.29, 1.82) is 0 Å². The molecular formula is C11H9FN4O3. The number of non-ortho nitro benzene ring substituents is 1. The number of nitrogens with zero attached hydrogens (tertiary/aromatic N) is 2. The highest BCUT2D eigenvalue weighted by molar-refractivity contribution is 6.05. The number of halogens is 1. The molecule has 0 spiro atoms. The van der Waals surface area contributed by atoms with Crippen LogP contribution in [-0.2, 0) is 0 Å². The molecule has 1 aromatic heterocycles. The molecule has 0 bridgehead atoms. The number of hydrogen-bond acceptors (Lipinski definition) is 4. The van der Waals surface area contributed by atoms with Crippen LogP contribution in [0.25, 0.3) is 0 Å². The van der Waals surface area contributed by atoms with Crippen molar-refractivity contribution in [1.82, 2.24) is 10.2 Å². The average molecular weight is 264 g/mol. The van der Waals surface area contributed by atoms with Crippen LogP contribution in [-0.4, -0.2) is 21.0 Å². The van der Waals surface area contributed by atoms with Gasteiger partial charge in [-0.25, -0.2) is 4.39 Å². The molecule has 0 unspecified atom stereocenters. The first-order chi connectivity index (χ1) is 8.99. The highest BCUT2D eigenvalue weighted by atomic mass is 19.1. The zero-order valence-electron chi connectivity index (χ0n) is 9.81. The predicted molar refractivity (Wildman–Crippen MR) is 64.3 cm³/mol. The summed E-state index contributed by atoms with van der Waals surface area (Å²) in [6.07, 6.45) is 1.29. The van der Waals surface area contributed by atoms with Gasteiger partial charge < -0.3 is 5.32 Å². The van der Waals surface area contributed by atoms with E-state index in [9.17, 15) is 19.3 Å². The van der Waals surface area contributed by atoms with Crippen molar-refractivity contribution >= 4 is 17.3 Å². The van der Waals surface area contributed by atoms with Gasteiger partial charge in [-0.2, -0.15) is 5.10 Å². The molecule has 7 nitrogen and oxygen atoms in total. The largest absolute Gasteiger partial charge is 0.319 e. The molecule has 1 heterocycles. The van der Waals surface area contributed by atoms with Crippen LogP contribution in [0.2, 0.25) is 0 Å². The Balaban J connectivity index is 2.28. The summed E-state index contributed by atoms with van der Waals surface area (Å²) < 4.78 is 13.5. The Morgan fingerprint density at radius 3 is 2.84 bits per heavy atom. The third-order valence-electron chi connectivity index (χ3n) is 2.48. The van der Waals surface area contributed by atoms with Gasteiger partial charge in [0.2, 0.25) is 0 Å². The number of hydrogen-bond donors (Lipinski definition) is 2. The summed E-state index contributed by atoms with van der Waals surface area (Å²) in [7, 11) is 0. The minimum atomic E-state index is -0.750. The van der Waals surface area contributed by atoms with Crippen molar-refractivity contribution in [2.45, 2.75) is 6.92 Å². The second-order valence-electron chi connectivity index (χ2n) is 3.78. The first-order valence-corrected chi connectivity index (χ1v) is 5.24. The minimum absolute atomic E-state index is 0.242. The fourth-order valence-electron chi connectivity index (χ4n) is 1.49.